The number of rotatable bonds is 4. The normalized spacial score (nSPS) is 16.3. The lowest BCUT2D eigenvalue weighted by molar-refractivity contribution is 0.0631. The zero-order valence-corrected chi connectivity index (χ0v) is 12.2. The molecule has 2 aromatic rings. The topological polar surface area (TPSA) is 65.4 Å². The summed E-state index contributed by atoms with van der Waals surface area (Å²) in [6.45, 7) is 6.69. The summed E-state index contributed by atoms with van der Waals surface area (Å²) in [4.78, 5) is 16.7. The van der Waals surface area contributed by atoms with Gasteiger partial charge in [0.2, 0.25) is 0 Å². The average molecular weight is 288 g/mol. The summed E-state index contributed by atoms with van der Waals surface area (Å²) in [5.41, 5.74) is 1.18. The molecule has 6 nitrogen and oxygen atoms in total. The number of aromatic amines is 1. The van der Waals surface area contributed by atoms with Crippen LogP contribution in [0.3, 0.4) is 0 Å². The van der Waals surface area contributed by atoms with Gasteiger partial charge in [-0.25, -0.2) is 0 Å². The molecule has 1 fully saturated rings. The molecule has 112 valence electrons. The first-order valence-electron chi connectivity index (χ1n) is 7.39. The first kappa shape index (κ1) is 13.9. The number of hydrogen-bond acceptors (Lipinski definition) is 4. The number of aromatic nitrogens is 2. The van der Waals surface area contributed by atoms with E-state index in [9.17, 15) is 4.79 Å². The van der Waals surface area contributed by atoms with Crippen molar-refractivity contribution in [1.82, 2.24) is 20.0 Å². The lowest BCUT2D eigenvalue weighted by Crippen LogP contribution is -2.48. The number of nitrogens with zero attached hydrogens (tertiary/aromatic N) is 3. The molecule has 1 N–H and O–H groups in total. The lowest BCUT2D eigenvalue weighted by atomic mass is 10.2. The second-order valence-corrected chi connectivity index (χ2v) is 5.28. The van der Waals surface area contributed by atoms with E-state index in [-0.39, 0.29) is 5.91 Å². The van der Waals surface area contributed by atoms with E-state index in [0.717, 1.165) is 44.8 Å². The van der Waals surface area contributed by atoms with E-state index in [1.54, 1.807) is 12.3 Å². The highest BCUT2D eigenvalue weighted by Crippen LogP contribution is 2.18. The van der Waals surface area contributed by atoms with Gasteiger partial charge in [-0.1, -0.05) is 6.92 Å². The molecule has 0 aliphatic carbocycles. The second-order valence-electron chi connectivity index (χ2n) is 5.28. The molecule has 6 heteroatoms. The van der Waals surface area contributed by atoms with Gasteiger partial charge in [-0.05, 0) is 25.1 Å². The monoisotopic (exact) mass is 288 g/mol. The Bertz CT molecular complexity index is 583. The first-order chi connectivity index (χ1) is 10.3. The Kier molecular flexibility index (Phi) is 4.06. The summed E-state index contributed by atoms with van der Waals surface area (Å²) in [7, 11) is 0. The molecule has 1 saturated heterocycles. The molecular weight excluding hydrogens is 268 g/mol. The standard InChI is InChI=1S/C15H20N4O2/c1-2-5-18-6-8-19(9-7-18)15(20)13-11-12(16-17-13)14-4-3-10-21-14/h3-4,10-11H,2,5-9H2,1H3,(H,16,17). The van der Waals surface area contributed by atoms with E-state index < -0.39 is 0 Å². The summed E-state index contributed by atoms with van der Waals surface area (Å²) >= 11 is 0. The van der Waals surface area contributed by atoms with Gasteiger partial charge in [-0.15, -0.1) is 0 Å². The number of carbonyl (C=O) groups excluding carboxylic acids is 1. The predicted molar refractivity (Wildman–Crippen MR) is 78.9 cm³/mol. The fourth-order valence-electron chi connectivity index (χ4n) is 2.64. The van der Waals surface area contributed by atoms with E-state index in [1.807, 2.05) is 17.0 Å². The molecule has 2 aromatic heterocycles. The number of piperazine rings is 1. The Balaban J connectivity index is 1.64. The molecule has 0 unspecified atom stereocenters. The highest BCUT2D eigenvalue weighted by atomic mass is 16.3. The van der Waals surface area contributed by atoms with Crippen LogP contribution in [0, 0.1) is 0 Å². The Morgan fingerprint density at radius 2 is 2.19 bits per heavy atom. The molecule has 0 saturated carbocycles. The van der Waals surface area contributed by atoms with Crippen LogP contribution < -0.4 is 0 Å². The van der Waals surface area contributed by atoms with Crippen LogP contribution in [0.4, 0.5) is 0 Å². The first-order valence-corrected chi connectivity index (χ1v) is 7.39. The number of hydrogen-bond donors (Lipinski definition) is 1. The summed E-state index contributed by atoms with van der Waals surface area (Å²) < 4.78 is 5.30. The number of H-pyrrole nitrogens is 1. The van der Waals surface area contributed by atoms with Crippen LogP contribution in [0.15, 0.2) is 28.9 Å². The molecule has 3 heterocycles. The van der Waals surface area contributed by atoms with Gasteiger partial charge in [-0.2, -0.15) is 5.10 Å². The van der Waals surface area contributed by atoms with Crippen molar-refractivity contribution in [1.29, 1.82) is 0 Å². The molecule has 0 atom stereocenters. The van der Waals surface area contributed by atoms with Gasteiger partial charge in [0.25, 0.3) is 5.91 Å². The van der Waals surface area contributed by atoms with E-state index in [4.69, 9.17) is 4.42 Å². The minimum atomic E-state index is -0.0137. The molecular formula is C15H20N4O2. The molecule has 3 rings (SSSR count). The molecule has 21 heavy (non-hydrogen) atoms. The highest BCUT2D eigenvalue weighted by molar-refractivity contribution is 5.93. The molecule has 0 bridgehead atoms. The molecule has 1 aliphatic rings. The molecule has 0 aromatic carbocycles. The van der Waals surface area contributed by atoms with Gasteiger partial charge < -0.3 is 9.32 Å². The van der Waals surface area contributed by atoms with Crippen molar-refractivity contribution in [3.8, 4) is 11.5 Å². The predicted octanol–water partition coefficient (Wildman–Crippen LogP) is 1.84. The van der Waals surface area contributed by atoms with Gasteiger partial charge >= 0.3 is 0 Å². The van der Waals surface area contributed by atoms with E-state index in [2.05, 4.69) is 22.0 Å². The number of furan rings is 1. The van der Waals surface area contributed by atoms with Crippen LogP contribution in [0.5, 0.6) is 0 Å². The van der Waals surface area contributed by atoms with E-state index in [1.165, 1.54) is 0 Å². The molecule has 1 aliphatic heterocycles. The maximum atomic E-state index is 12.4. The van der Waals surface area contributed by atoms with Crippen LogP contribution in [0.25, 0.3) is 11.5 Å². The number of nitrogens with one attached hydrogen (secondary N) is 1. The van der Waals surface area contributed by atoms with Gasteiger partial charge in [0, 0.05) is 32.2 Å². The highest BCUT2D eigenvalue weighted by Gasteiger charge is 2.23. The molecule has 0 spiro atoms. The Morgan fingerprint density at radius 3 is 2.86 bits per heavy atom. The van der Waals surface area contributed by atoms with Crippen molar-refractivity contribution in [2.24, 2.45) is 0 Å². The Labute approximate surface area is 123 Å². The zero-order chi connectivity index (χ0) is 14.7. The smallest absolute Gasteiger partial charge is 0.274 e. The van der Waals surface area contributed by atoms with Crippen LogP contribution in [-0.4, -0.2) is 58.6 Å². The van der Waals surface area contributed by atoms with E-state index in [0.29, 0.717) is 11.5 Å². The van der Waals surface area contributed by atoms with Gasteiger partial charge in [0.1, 0.15) is 5.69 Å². The van der Waals surface area contributed by atoms with Crippen LogP contribution in [0.1, 0.15) is 23.8 Å². The fraction of sp³-hybridized carbons (Fsp3) is 0.467. The quantitative estimate of drug-likeness (QED) is 0.932. The Hall–Kier alpha value is -2.08. The largest absolute Gasteiger partial charge is 0.463 e. The van der Waals surface area contributed by atoms with Crippen molar-refractivity contribution in [2.45, 2.75) is 13.3 Å². The SMILES string of the molecule is CCCN1CCN(C(=O)c2cc(-c3ccco3)[nH]n2)CC1. The summed E-state index contributed by atoms with van der Waals surface area (Å²) in [6, 6.07) is 5.40. The lowest BCUT2D eigenvalue weighted by Gasteiger charge is -2.34. The third-order valence-corrected chi connectivity index (χ3v) is 3.78. The van der Waals surface area contributed by atoms with Crippen molar-refractivity contribution in [3.05, 3.63) is 30.2 Å². The third-order valence-electron chi connectivity index (χ3n) is 3.78. The average Bonchev–Trinajstić information content (AvgIpc) is 3.19. The maximum absolute atomic E-state index is 12.4. The molecule has 1 amide bonds. The number of amides is 1. The molecule has 0 radical (unpaired) electrons. The summed E-state index contributed by atoms with van der Waals surface area (Å²) in [6.07, 6.45) is 2.75. The fourth-order valence-corrected chi connectivity index (χ4v) is 2.64. The van der Waals surface area contributed by atoms with Gasteiger partial charge in [0.05, 0.1) is 6.26 Å². The van der Waals surface area contributed by atoms with Crippen molar-refractivity contribution in [3.63, 3.8) is 0 Å². The van der Waals surface area contributed by atoms with Gasteiger partial charge in [0.15, 0.2) is 11.5 Å². The van der Waals surface area contributed by atoms with Crippen molar-refractivity contribution >= 4 is 5.91 Å². The minimum Gasteiger partial charge on any atom is -0.463 e. The minimum absolute atomic E-state index is 0.0137. The number of carbonyl (C=O) groups is 1. The second kappa shape index (κ2) is 6.13. The van der Waals surface area contributed by atoms with Gasteiger partial charge in [-0.3, -0.25) is 14.8 Å². The van der Waals surface area contributed by atoms with Crippen LogP contribution >= 0.6 is 0 Å². The van der Waals surface area contributed by atoms with E-state index >= 15 is 0 Å². The summed E-state index contributed by atoms with van der Waals surface area (Å²) in [5, 5.41) is 6.97. The Morgan fingerprint density at radius 1 is 1.38 bits per heavy atom. The maximum Gasteiger partial charge on any atom is 0.274 e. The van der Waals surface area contributed by atoms with Crippen molar-refractivity contribution in [2.75, 3.05) is 32.7 Å². The summed E-state index contributed by atoms with van der Waals surface area (Å²) in [5.74, 6) is 0.675. The third kappa shape index (κ3) is 3.00. The zero-order valence-electron chi connectivity index (χ0n) is 12.2. The van der Waals surface area contributed by atoms with Crippen LogP contribution in [0.2, 0.25) is 0 Å². The van der Waals surface area contributed by atoms with Crippen LogP contribution in [-0.2, 0) is 0 Å². The van der Waals surface area contributed by atoms with Crippen molar-refractivity contribution < 1.29 is 9.21 Å².